The number of carbonyl (C=O) groups is 1. The summed E-state index contributed by atoms with van der Waals surface area (Å²) >= 11 is 0. The molecule has 0 saturated heterocycles. The minimum atomic E-state index is -0.622. The van der Waals surface area contributed by atoms with E-state index in [2.05, 4.69) is 30.7 Å². The van der Waals surface area contributed by atoms with E-state index in [1.807, 2.05) is 24.3 Å². The maximum atomic E-state index is 12.0. The number of rotatable bonds is 6. The van der Waals surface area contributed by atoms with Gasteiger partial charge in [-0.1, -0.05) is 32.9 Å². The highest BCUT2D eigenvalue weighted by Gasteiger charge is 2.20. The topological polar surface area (TPSA) is 73.8 Å². The lowest BCUT2D eigenvalue weighted by atomic mass is 9.87. The Bertz CT molecular complexity index is 826. The molecule has 7 nitrogen and oxygen atoms in total. The molecule has 27 heavy (non-hydrogen) atoms. The van der Waals surface area contributed by atoms with Crippen molar-refractivity contribution in [1.29, 1.82) is 0 Å². The van der Waals surface area contributed by atoms with E-state index in [9.17, 15) is 4.79 Å². The molecule has 2 aromatic rings. The van der Waals surface area contributed by atoms with Crippen molar-refractivity contribution in [1.82, 2.24) is 9.97 Å². The molecule has 0 aliphatic carbocycles. The molecule has 0 fully saturated rings. The fraction of sp³-hybridized carbons (Fsp3) is 0.350. The molecule has 0 spiro atoms. The quantitative estimate of drug-likeness (QED) is 0.435. The lowest BCUT2D eigenvalue weighted by Gasteiger charge is -2.20. The number of esters is 1. The monoisotopic (exact) mass is 371 g/mol. The van der Waals surface area contributed by atoms with Crippen LogP contribution in [0.5, 0.6) is 17.4 Å². The van der Waals surface area contributed by atoms with E-state index >= 15 is 0 Å². The first-order chi connectivity index (χ1) is 12.7. The smallest absolute Gasteiger partial charge is 0.339 e. The Morgan fingerprint density at radius 2 is 1.93 bits per heavy atom. The number of benzene rings is 1. The number of ether oxygens (including phenoxy) is 3. The van der Waals surface area contributed by atoms with Crippen molar-refractivity contribution in [3.05, 3.63) is 48.5 Å². The van der Waals surface area contributed by atoms with Gasteiger partial charge in [-0.2, -0.15) is 4.98 Å². The number of anilines is 1. The average molecular weight is 371 g/mol. The Labute approximate surface area is 159 Å². The predicted octanol–water partition coefficient (Wildman–Crippen LogP) is 3.70. The zero-order chi connectivity index (χ0) is 20.0. The van der Waals surface area contributed by atoms with Crippen LogP contribution in [0, 0.1) is 0 Å². The van der Waals surface area contributed by atoms with Gasteiger partial charge in [0, 0.05) is 14.1 Å². The number of methoxy groups -OCH3 is 1. The summed E-state index contributed by atoms with van der Waals surface area (Å²) in [7, 11) is 5.01. The molecule has 0 N–H and O–H groups in total. The number of carbonyl (C=O) groups excluding carboxylic acids is 1. The molecule has 0 aliphatic rings. The Hall–Kier alpha value is -3.09. The van der Waals surface area contributed by atoms with Crippen LogP contribution in [0.4, 0.5) is 5.82 Å². The van der Waals surface area contributed by atoms with Gasteiger partial charge < -0.3 is 19.1 Å². The van der Waals surface area contributed by atoms with Crippen LogP contribution in [0.25, 0.3) is 0 Å². The van der Waals surface area contributed by atoms with Gasteiger partial charge in [-0.3, -0.25) is 0 Å². The molecule has 0 aliphatic heterocycles. The molecule has 0 bridgehead atoms. The summed E-state index contributed by atoms with van der Waals surface area (Å²) in [6, 6.07) is 7.71. The minimum Gasteiger partial charge on any atom is -0.504 e. The molecular weight excluding hydrogens is 346 g/mol. The van der Waals surface area contributed by atoms with Crippen LogP contribution in [-0.2, 0) is 14.9 Å². The summed E-state index contributed by atoms with van der Waals surface area (Å²) < 4.78 is 16.1. The molecule has 7 heteroatoms. The van der Waals surface area contributed by atoms with Crippen molar-refractivity contribution < 1.29 is 19.0 Å². The Balaban J connectivity index is 2.40. The van der Waals surface area contributed by atoms with Gasteiger partial charge in [0.05, 0.1) is 19.4 Å². The van der Waals surface area contributed by atoms with Crippen LogP contribution in [-0.4, -0.2) is 37.1 Å². The molecule has 0 saturated carbocycles. The van der Waals surface area contributed by atoms with E-state index in [4.69, 9.17) is 14.2 Å². The molecule has 0 radical (unpaired) electrons. The Morgan fingerprint density at radius 1 is 1.19 bits per heavy atom. The zero-order valence-corrected chi connectivity index (χ0v) is 16.5. The van der Waals surface area contributed by atoms with Crippen LogP contribution in [0.2, 0.25) is 0 Å². The van der Waals surface area contributed by atoms with Gasteiger partial charge in [0.15, 0.2) is 5.82 Å². The molecular formula is C20H25N3O4. The molecule has 1 aromatic heterocycles. The van der Waals surface area contributed by atoms with Gasteiger partial charge in [0.1, 0.15) is 12.1 Å². The van der Waals surface area contributed by atoms with Crippen molar-refractivity contribution in [3.63, 3.8) is 0 Å². The Morgan fingerprint density at radius 3 is 2.56 bits per heavy atom. The second-order valence-electron chi connectivity index (χ2n) is 7.07. The third kappa shape index (κ3) is 5.44. The number of hydrogen-bond donors (Lipinski definition) is 0. The molecule has 144 valence electrons. The van der Waals surface area contributed by atoms with Gasteiger partial charge in [0.2, 0.25) is 5.75 Å². The highest BCUT2D eigenvalue weighted by Crippen LogP contribution is 2.37. The number of nitrogens with zero attached hydrogens (tertiary/aromatic N) is 3. The third-order valence-corrected chi connectivity index (χ3v) is 3.63. The maximum Gasteiger partial charge on any atom is 0.339 e. The second-order valence-corrected chi connectivity index (χ2v) is 7.07. The highest BCUT2D eigenvalue weighted by atomic mass is 16.6. The van der Waals surface area contributed by atoms with Gasteiger partial charge in [0.25, 0.3) is 5.88 Å². The summed E-state index contributed by atoms with van der Waals surface area (Å²) in [5.41, 5.74) is 1.09. The fourth-order valence-corrected chi connectivity index (χ4v) is 2.23. The summed E-state index contributed by atoms with van der Waals surface area (Å²) in [4.78, 5) is 22.1. The number of hydrogen-bond acceptors (Lipinski definition) is 7. The van der Waals surface area contributed by atoms with Crippen LogP contribution >= 0.6 is 0 Å². The van der Waals surface area contributed by atoms with E-state index in [-0.39, 0.29) is 17.0 Å². The van der Waals surface area contributed by atoms with Crippen molar-refractivity contribution in [2.24, 2.45) is 0 Å². The van der Waals surface area contributed by atoms with Crippen molar-refractivity contribution in [3.8, 4) is 17.4 Å². The van der Waals surface area contributed by atoms with Gasteiger partial charge in [-0.15, -0.1) is 0 Å². The zero-order valence-electron chi connectivity index (χ0n) is 16.5. The molecule has 0 unspecified atom stereocenters. The normalized spacial score (nSPS) is 11.3. The van der Waals surface area contributed by atoms with Crippen molar-refractivity contribution in [2.75, 3.05) is 26.1 Å². The molecule has 1 heterocycles. The van der Waals surface area contributed by atoms with Gasteiger partial charge in [-0.05, 0) is 23.1 Å². The van der Waals surface area contributed by atoms with E-state index in [1.165, 1.54) is 19.7 Å². The van der Waals surface area contributed by atoms with Crippen LogP contribution in [0.15, 0.2) is 42.9 Å². The van der Waals surface area contributed by atoms with E-state index in [1.54, 1.807) is 19.0 Å². The summed E-state index contributed by atoms with van der Waals surface area (Å²) in [5, 5.41) is 0. The van der Waals surface area contributed by atoms with E-state index in [0.717, 1.165) is 11.6 Å². The predicted molar refractivity (Wildman–Crippen MR) is 103 cm³/mol. The second kappa shape index (κ2) is 8.53. The maximum absolute atomic E-state index is 12.0. The van der Waals surface area contributed by atoms with Crippen molar-refractivity contribution >= 4 is 11.8 Å². The lowest BCUT2D eigenvalue weighted by molar-refractivity contribution is -0.129. The molecule has 2 rings (SSSR count). The van der Waals surface area contributed by atoms with Crippen molar-refractivity contribution in [2.45, 2.75) is 26.2 Å². The van der Waals surface area contributed by atoms with Crippen LogP contribution in [0.1, 0.15) is 26.3 Å². The van der Waals surface area contributed by atoms with E-state index in [0.29, 0.717) is 11.6 Å². The standard InChI is InChI=1S/C20H25N3O4/c1-20(2,3)14-8-7-9-15(12-14)26-19-17(27-16(24)10-11-25-6)18(23(4)5)21-13-22-19/h7-13H,1-6H3. The average Bonchev–Trinajstić information content (AvgIpc) is 2.60. The third-order valence-electron chi connectivity index (χ3n) is 3.63. The first kappa shape index (κ1) is 20.2. The summed E-state index contributed by atoms with van der Waals surface area (Å²) in [5.74, 6) is 0.679. The van der Waals surface area contributed by atoms with Gasteiger partial charge in [-0.25, -0.2) is 9.78 Å². The number of aromatic nitrogens is 2. The first-order valence-corrected chi connectivity index (χ1v) is 8.44. The van der Waals surface area contributed by atoms with Crippen LogP contribution in [0.3, 0.4) is 0 Å². The summed E-state index contributed by atoms with van der Waals surface area (Å²) in [6.45, 7) is 6.36. The molecule has 0 atom stereocenters. The van der Waals surface area contributed by atoms with E-state index < -0.39 is 5.97 Å². The van der Waals surface area contributed by atoms with Gasteiger partial charge >= 0.3 is 5.97 Å². The first-order valence-electron chi connectivity index (χ1n) is 8.44. The lowest BCUT2D eigenvalue weighted by Crippen LogP contribution is -2.16. The van der Waals surface area contributed by atoms with Crippen LogP contribution < -0.4 is 14.4 Å². The largest absolute Gasteiger partial charge is 0.504 e. The molecule has 0 amide bonds. The molecule has 1 aromatic carbocycles. The Kier molecular flexibility index (Phi) is 6.39. The highest BCUT2D eigenvalue weighted by molar-refractivity contribution is 5.85. The SMILES string of the molecule is COC=CC(=O)Oc1c(Oc2cccc(C(C)(C)C)c2)ncnc1N(C)C. The minimum absolute atomic E-state index is 0.0277. The fourth-order valence-electron chi connectivity index (χ4n) is 2.23. The summed E-state index contributed by atoms with van der Waals surface area (Å²) in [6.07, 6.45) is 3.76.